The molecule has 2 amide bonds. The van der Waals surface area contributed by atoms with Crippen molar-refractivity contribution in [2.45, 2.75) is 26.4 Å². The third-order valence-corrected chi connectivity index (χ3v) is 4.91. The van der Waals surface area contributed by atoms with Crippen LogP contribution in [-0.4, -0.2) is 18.4 Å². The standard InChI is InChI=1S/C26H25F3N2O3/c1-17(2)13-14-34-23-8-3-5-19(15-23)25(33)30-21-11-9-18(10-12-21)24(32)31-22-7-4-6-20(16-22)26(27,28)29/h3-12,15-17H,13-14H2,1-2H3,(H,30,33)(H,31,32). The molecule has 0 heterocycles. The van der Waals surface area contributed by atoms with Crippen LogP contribution in [0.25, 0.3) is 0 Å². The number of hydrogen-bond acceptors (Lipinski definition) is 3. The molecule has 0 spiro atoms. The van der Waals surface area contributed by atoms with E-state index in [4.69, 9.17) is 4.74 Å². The molecule has 0 aromatic heterocycles. The van der Waals surface area contributed by atoms with E-state index < -0.39 is 17.6 Å². The third-order valence-electron chi connectivity index (χ3n) is 4.91. The molecule has 3 aromatic rings. The van der Waals surface area contributed by atoms with Crippen molar-refractivity contribution >= 4 is 23.2 Å². The van der Waals surface area contributed by atoms with Gasteiger partial charge in [-0.1, -0.05) is 26.0 Å². The van der Waals surface area contributed by atoms with Gasteiger partial charge in [-0.15, -0.1) is 0 Å². The fraction of sp³-hybridized carbons (Fsp3) is 0.231. The van der Waals surface area contributed by atoms with Gasteiger partial charge < -0.3 is 15.4 Å². The first kappa shape index (κ1) is 24.8. The number of benzene rings is 3. The van der Waals surface area contributed by atoms with Crippen LogP contribution in [0.2, 0.25) is 0 Å². The summed E-state index contributed by atoms with van der Waals surface area (Å²) < 4.78 is 44.2. The van der Waals surface area contributed by atoms with Gasteiger partial charge >= 0.3 is 6.18 Å². The van der Waals surface area contributed by atoms with E-state index in [1.807, 2.05) is 0 Å². The number of ether oxygens (including phenoxy) is 1. The van der Waals surface area contributed by atoms with Crippen molar-refractivity contribution in [3.63, 3.8) is 0 Å². The minimum Gasteiger partial charge on any atom is -0.494 e. The van der Waals surface area contributed by atoms with Crippen LogP contribution in [0.4, 0.5) is 24.5 Å². The first-order chi connectivity index (χ1) is 16.1. The first-order valence-electron chi connectivity index (χ1n) is 10.7. The second-order valence-electron chi connectivity index (χ2n) is 8.12. The number of halogens is 3. The predicted octanol–water partition coefficient (Wildman–Crippen LogP) is 6.63. The van der Waals surface area contributed by atoms with Gasteiger partial charge in [-0.05, 0) is 73.0 Å². The zero-order valence-electron chi connectivity index (χ0n) is 18.8. The van der Waals surface area contributed by atoms with Crippen molar-refractivity contribution in [3.05, 3.63) is 89.5 Å². The number of alkyl halides is 3. The molecule has 2 N–H and O–H groups in total. The Morgan fingerprint density at radius 3 is 2.15 bits per heavy atom. The maximum atomic E-state index is 12.9. The van der Waals surface area contributed by atoms with E-state index in [-0.39, 0.29) is 17.2 Å². The molecule has 0 fully saturated rings. The average molecular weight is 470 g/mol. The van der Waals surface area contributed by atoms with E-state index in [2.05, 4.69) is 24.5 Å². The van der Waals surface area contributed by atoms with Crippen LogP contribution >= 0.6 is 0 Å². The van der Waals surface area contributed by atoms with Crippen molar-refractivity contribution in [1.82, 2.24) is 0 Å². The van der Waals surface area contributed by atoms with Gasteiger partial charge in [-0.2, -0.15) is 13.2 Å². The van der Waals surface area contributed by atoms with E-state index >= 15 is 0 Å². The highest BCUT2D eigenvalue weighted by atomic mass is 19.4. The second kappa shape index (κ2) is 10.9. The zero-order chi connectivity index (χ0) is 24.7. The molecular formula is C26H25F3N2O3. The van der Waals surface area contributed by atoms with Gasteiger partial charge in [0.1, 0.15) is 5.75 Å². The van der Waals surface area contributed by atoms with Crippen molar-refractivity contribution in [1.29, 1.82) is 0 Å². The molecule has 0 saturated heterocycles. The highest BCUT2D eigenvalue weighted by Crippen LogP contribution is 2.30. The Morgan fingerprint density at radius 1 is 0.824 bits per heavy atom. The number of carbonyl (C=O) groups excluding carboxylic acids is 2. The fourth-order valence-corrected chi connectivity index (χ4v) is 3.02. The van der Waals surface area contributed by atoms with Gasteiger partial charge in [0.15, 0.2) is 0 Å². The van der Waals surface area contributed by atoms with Crippen LogP contribution in [-0.2, 0) is 6.18 Å². The highest BCUT2D eigenvalue weighted by molar-refractivity contribution is 6.06. The zero-order valence-corrected chi connectivity index (χ0v) is 18.8. The Hall–Kier alpha value is -3.81. The summed E-state index contributed by atoms with van der Waals surface area (Å²) in [5.74, 6) is 0.218. The average Bonchev–Trinajstić information content (AvgIpc) is 2.79. The van der Waals surface area contributed by atoms with E-state index in [9.17, 15) is 22.8 Å². The number of anilines is 2. The van der Waals surface area contributed by atoms with Crippen LogP contribution in [0.1, 0.15) is 46.5 Å². The maximum Gasteiger partial charge on any atom is 0.416 e. The molecule has 0 bridgehead atoms. The molecule has 0 atom stereocenters. The Balaban J connectivity index is 1.60. The summed E-state index contributed by atoms with van der Waals surface area (Å²) in [6, 6.07) is 17.3. The van der Waals surface area contributed by atoms with Crippen molar-refractivity contribution in [2.24, 2.45) is 5.92 Å². The van der Waals surface area contributed by atoms with Gasteiger partial charge in [0.25, 0.3) is 11.8 Å². The van der Waals surface area contributed by atoms with E-state index in [1.165, 1.54) is 24.3 Å². The van der Waals surface area contributed by atoms with Gasteiger partial charge in [0.2, 0.25) is 0 Å². The van der Waals surface area contributed by atoms with Crippen LogP contribution in [0, 0.1) is 5.92 Å². The van der Waals surface area contributed by atoms with Crippen molar-refractivity contribution in [3.8, 4) is 5.75 Å². The predicted molar refractivity (Wildman–Crippen MR) is 125 cm³/mol. The third kappa shape index (κ3) is 7.10. The monoisotopic (exact) mass is 470 g/mol. The maximum absolute atomic E-state index is 12.9. The fourth-order valence-electron chi connectivity index (χ4n) is 3.02. The highest BCUT2D eigenvalue weighted by Gasteiger charge is 2.30. The minimum absolute atomic E-state index is 0.0349. The normalized spacial score (nSPS) is 11.2. The van der Waals surface area contributed by atoms with Gasteiger partial charge in [0, 0.05) is 22.5 Å². The van der Waals surface area contributed by atoms with Crippen molar-refractivity contribution < 1.29 is 27.5 Å². The Morgan fingerprint density at radius 2 is 1.47 bits per heavy atom. The van der Waals surface area contributed by atoms with Gasteiger partial charge in [0.05, 0.1) is 12.2 Å². The lowest BCUT2D eigenvalue weighted by molar-refractivity contribution is -0.137. The Labute approximate surface area is 195 Å². The summed E-state index contributed by atoms with van der Waals surface area (Å²) in [7, 11) is 0. The lowest BCUT2D eigenvalue weighted by Crippen LogP contribution is -2.14. The first-order valence-corrected chi connectivity index (χ1v) is 10.7. The molecule has 0 aliphatic heterocycles. The van der Waals surface area contributed by atoms with Crippen molar-refractivity contribution in [2.75, 3.05) is 17.2 Å². The SMILES string of the molecule is CC(C)CCOc1cccc(C(=O)Nc2ccc(C(=O)Nc3cccc(C(F)(F)F)c3)cc2)c1. The molecule has 3 rings (SSSR count). The number of amides is 2. The Kier molecular flexibility index (Phi) is 7.94. The molecule has 0 aliphatic rings. The molecular weight excluding hydrogens is 445 g/mol. The number of nitrogens with one attached hydrogen (secondary N) is 2. The number of carbonyl (C=O) groups is 2. The quantitative estimate of drug-likeness (QED) is 0.388. The smallest absolute Gasteiger partial charge is 0.416 e. The summed E-state index contributed by atoms with van der Waals surface area (Å²) in [5, 5.41) is 5.19. The molecule has 178 valence electrons. The molecule has 0 saturated carbocycles. The van der Waals surface area contributed by atoms with Gasteiger partial charge in [-0.3, -0.25) is 9.59 Å². The summed E-state index contributed by atoms with van der Waals surface area (Å²) in [4.78, 5) is 25.0. The van der Waals surface area contributed by atoms with E-state index in [0.717, 1.165) is 18.6 Å². The number of rotatable bonds is 8. The summed E-state index contributed by atoms with van der Waals surface area (Å²) in [5.41, 5.74) is 0.307. The summed E-state index contributed by atoms with van der Waals surface area (Å²) >= 11 is 0. The summed E-state index contributed by atoms with van der Waals surface area (Å²) in [6.45, 7) is 4.77. The largest absolute Gasteiger partial charge is 0.494 e. The molecule has 0 unspecified atom stereocenters. The lowest BCUT2D eigenvalue weighted by atomic mass is 10.1. The molecule has 8 heteroatoms. The van der Waals surface area contributed by atoms with Crippen LogP contribution in [0.15, 0.2) is 72.8 Å². The molecule has 34 heavy (non-hydrogen) atoms. The number of hydrogen-bond donors (Lipinski definition) is 2. The minimum atomic E-state index is -4.50. The molecule has 5 nitrogen and oxygen atoms in total. The molecule has 3 aromatic carbocycles. The van der Waals surface area contributed by atoms with Crippen LogP contribution < -0.4 is 15.4 Å². The van der Waals surface area contributed by atoms with E-state index in [0.29, 0.717) is 29.5 Å². The van der Waals surface area contributed by atoms with E-state index in [1.54, 1.807) is 36.4 Å². The molecule has 0 radical (unpaired) electrons. The lowest BCUT2D eigenvalue weighted by Gasteiger charge is -2.11. The van der Waals surface area contributed by atoms with Crippen LogP contribution in [0.3, 0.4) is 0 Å². The Bertz CT molecular complexity index is 1140. The van der Waals surface area contributed by atoms with Crippen LogP contribution in [0.5, 0.6) is 5.75 Å². The topological polar surface area (TPSA) is 67.4 Å². The summed E-state index contributed by atoms with van der Waals surface area (Å²) in [6.07, 6.45) is -3.59. The second-order valence-corrected chi connectivity index (χ2v) is 8.12. The molecule has 0 aliphatic carbocycles. The van der Waals surface area contributed by atoms with Gasteiger partial charge in [-0.25, -0.2) is 0 Å².